The fourth-order valence-electron chi connectivity index (χ4n) is 2.25. The predicted molar refractivity (Wildman–Crippen MR) is 86.4 cm³/mol. The predicted octanol–water partition coefficient (Wildman–Crippen LogP) is 3.46. The summed E-state index contributed by atoms with van der Waals surface area (Å²) < 4.78 is 11.0. The number of aliphatic hydroxyl groups excluding tert-OH is 1. The first-order valence-corrected chi connectivity index (χ1v) is 8.04. The molecule has 0 bridgehead atoms. The maximum atomic E-state index is 11.8. The number of esters is 1. The number of hydrogen-bond donors (Lipinski definition) is 1. The van der Waals surface area contributed by atoms with Crippen molar-refractivity contribution in [3.8, 4) is 0 Å². The van der Waals surface area contributed by atoms with Crippen molar-refractivity contribution in [3.05, 3.63) is 35.9 Å². The molecule has 1 aromatic rings. The van der Waals surface area contributed by atoms with E-state index in [4.69, 9.17) is 9.47 Å². The molecule has 124 valence electrons. The fourth-order valence-corrected chi connectivity index (χ4v) is 2.25. The van der Waals surface area contributed by atoms with Crippen LogP contribution >= 0.6 is 0 Å². The van der Waals surface area contributed by atoms with E-state index in [9.17, 15) is 9.90 Å². The summed E-state index contributed by atoms with van der Waals surface area (Å²) in [5, 5.41) is 9.98. The summed E-state index contributed by atoms with van der Waals surface area (Å²) in [4.78, 5) is 11.8. The topological polar surface area (TPSA) is 55.8 Å². The highest BCUT2D eigenvalue weighted by Crippen LogP contribution is 2.15. The highest BCUT2D eigenvalue weighted by molar-refractivity contribution is 5.70. The van der Waals surface area contributed by atoms with E-state index >= 15 is 0 Å². The summed E-state index contributed by atoms with van der Waals surface area (Å²) in [7, 11) is 0. The van der Waals surface area contributed by atoms with Gasteiger partial charge in [0.15, 0.2) is 0 Å². The SMILES string of the molecule is CCCC(O)CC(CC(=O)OC(C)C)OCc1ccccc1. The van der Waals surface area contributed by atoms with Crippen LogP contribution in [0.3, 0.4) is 0 Å². The van der Waals surface area contributed by atoms with Crippen LogP contribution < -0.4 is 0 Å². The largest absolute Gasteiger partial charge is 0.463 e. The molecule has 0 fully saturated rings. The van der Waals surface area contributed by atoms with Gasteiger partial charge in [-0.25, -0.2) is 0 Å². The molecule has 4 heteroatoms. The lowest BCUT2D eigenvalue weighted by atomic mass is 10.0. The van der Waals surface area contributed by atoms with Crippen molar-refractivity contribution in [3.63, 3.8) is 0 Å². The molecular formula is C18H28O4. The molecule has 0 aliphatic rings. The van der Waals surface area contributed by atoms with Crippen molar-refractivity contribution in [1.29, 1.82) is 0 Å². The van der Waals surface area contributed by atoms with Crippen molar-refractivity contribution in [2.45, 2.75) is 71.4 Å². The molecule has 22 heavy (non-hydrogen) atoms. The van der Waals surface area contributed by atoms with Crippen LogP contribution in [0.15, 0.2) is 30.3 Å². The first kappa shape index (κ1) is 18.7. The monoisotopic (exact) mass is 308 g/mol. The summed E-state index contributed by atoms with van der Waals surface area (Å²) in [6, 6.07) is 9.81. The summed E-state index contributed by atoms with van der Waals surface area (Å²) >= 11 is 0. The van der Waals surface area contributed by atoms with E-state index in [1.54, 1.807) is 0 Å². The van der Waals surface area contributed by atoms with Crippen LogP contribution in [0.4, 0.5) is 0 Å². The molecule has 1 rings (SSSR count). The molecule has 4 nitrogen and oxygen atoms in total. The molecule has 0 amide bonds. The van der Waals surface area contributed by atoms with E-state index in [1.807, 2.05) is 51.1 Å². The highest BCUT2D eigenvalue weighted by atomic mass is 16.5. The van der Waals surface area contributed by atoms with Gasteiger partial charge in [0.25, 0.3) is 0 Å². The average molecular weight is 308 g/mol. The molecule has 1 N–H and O–H groups in total. The Morgan fingerprint density at radius 2 is 1.91 bits per heavy atom. The van der Waals surface area contributed by atoms with Crippen molar-refractivity contribution in [1.82, 2.24) is 0 Å². The normalized spacial score (nSPS) is 13.9. The number of aliphatic hydroxyl groups is 1. The quantitative estimate of drug-likeness (QED) is 0.673. The maximum Gasteiger partial charge on any atom is 0.308 e. The van der Waals surface area contributed by atoms with Gasteiger partial charge < -0.3 is 14.6 Å². The van der Waals surface area contributed by atoms with Crippen LogP contribution in [-0.2, 0) is 20.9 Å². The van der Waals surface area contributed by atoms with Gasteiger partial charge in [-0.1, -0.05) is 43.7 Å². The van der Waals surface area contributed by atoms with E-state index in [2.05, 4.69) is 0 Å². The fraction of sp³-hybridized carbons (Fsp3) is 0.611. The van der Waals surface area contributed by atoms with Gasteiger partial charge in [0, 0.05) is 6.42 Å². The Morgan fingerprint density at radius 3 is 2.50 bits per heavy atom. The number of rotatable bonds is 10. The molecule has 0 aliphatic carbocycles. The van der Waals surface area contributed by atoms with Gasteiger partial charge in [-0.2, -0.15) is 0 Å². The van der Waals surface area contributed by atoms with Gasteiger partial charge in [-0.15, -0.1) is 0 Å². The summed E-state index contributed by atoms with van der Waals surface area (Å²) in [5.74, 6) is -0.281. The molecule has 0 radical (unpaired) electrons. The van der Waals surface area contributed by atoms with Gasteiger partial charge in [0.2, 0.25) is 0 Å². The Bertz CT molecular complexity index is 416. The Balaban J connectivity index is 2.54. The standard InChI is InChI=1S/C18H28O4/c1-4-8-16(19)11-17(12-18(20)22-14(2)3)21-13-15-9-6-5-7-10-15/h5-7,9-10,14,16-17,19H,4,8,11-13H2,1-3H3. The summed E-state index contributed by atoms with van der Waals surface area (Å²) in [6.07, 6.45) is 1.33. The molecular weight excluding hydrogens is 280 g/mol. The lowest BCUT2D eigenvalue weighted by molar-refractivity contribution is -0.151. The van der Waals surface area contributed by atoms with Crippen LogP contribution in [0.2, 0.25) is 0 Å². The van der Waals surface area contributed by atoms with Gasteiger partial charge in [-0.3, -0.25) is 4.79 Å². The number of carbonyl (C=O) groups excluding carboxylic acids is 1. The first-order chi connectivity index (χ1) is 10.5. The third-order valence-corrected chi connectivity index (χ3v) is 3.25. The number of carbonyl (C=O) groups is 1. The van der Waals surface area contributed by atoms with Crippen LogP contribution in [-0.4, -0.2) is 29.4 Å². The third kappa shape index (κ3) is 8.15. The molecule has 2 unspecified atom stereocenters. The molecule has 1 aromatic carbocycles. The van der Waals surface area contributed by atoms with E-state index in [0.29, 0.717) is 19.4 Å². The Labute approximate surface area is 133 Å². The van der Waals surface area contributed by atoms with Gasteiger partial charge in [0.1, 0.15) is 0 Å². The first-order valence-electron chi connectivity index (χ1n) is 8.04. The van der Waals surface area contributed by atoms with Crippen LogP contribution in [0.5, 0.6) is 0 Å². The van der Waals surface area contributed by atoms with E-state index in [0.717, 1.165) is 12.0 Å². The molecule has 0 saturated heterocycles. The Hall–Kier alpha value is -1.39. The second kappa shape index (κ2) is 10.4. The lowest BCUT2D eigenvalue weighted by Crippen LogP contribution is -2.25. The lowest BCUT2D eigenvalue weighted by Gasteiger charge is -2.21. The van der Waals surface area contributed by atoms with E-state index in [1.165, 1.54) is 0 Å². The maximum absolute atomic E-state index is 11.8. The second-order valence-corrected chi connectivity index (χ2v) is 5.84. The van der Waals surface area contributed by atoms with Crippen LogP contribution in [0, 0.1) is 0 Å². The summed E-state index contributed by atoms with van der Waals surface area (Å²) in [5.41, 5.74) is 1.05. The van der Waals surface area contributed by atoms with Crippen LogP contribution in [0.25, 0.3) is 0 Å². The molecule has 0 saturated carbocycles. The number of benzene rings is 1. The zero-order valence-electron chi connectivity index (χ0n) is 13.8. The van der Waals surface area contributed by atoms with Gasteiger partial charge in [0.05, 0.1) is 31.3 Å². The molecule has 0 heterocycles. The number of hydrogen-bond acceptors (Lipinski definition) is 4. The summed E-state index contributed by atoms with van der Waals surface area (Å²) in [6.45, 7) is 6.10. The third-order valence-electron chi connectivity index (χ3n) is 3.25. The second-order valence-electron chi connectivity index (χ2n) is 5.84. The van der Waals surface area contributed by atoms with Crippen LogP contribution in [0.1, 0.15) is 52.0 Å². The van der Waals surface area contributed by atoms with E-state index in [-0.39, 0.29) is 24.6 Å². The minimum atomic E-state index is -0.447. The molecule has 0 spiro atoms. The smallest absolute Gasteiger partial charge is 0.308 e. The average Bonchev–Trinajstić information content (AvgIpc) is 2.45. The minimum absolute atomic E-state index is 0.136. The van der Waals surface area contributed by atoms with Crippen molar-refractivity contribution >= 4 is 5.97 Å². The zero-order chi connectivity index (χ0) is 16.4. The Morgan fingerprint density at radius 1 is 1.23 bits per heavy atom. The Kier molecular flexibility index (Phi) is 8.78. The molecule has 2 atom stereocenters. The molecule has 0 aliphatic heterocycles. The molecule has 0 aromatic heterocycles. The van der Waals surface area contributed by atoms with E-state index < -0.39 is 6.10 Å². The zero-order valence-corrected chi connectivity index (χ0v) is 13.8. The highest BCUT2D eigenvalue weighted by Gasteiger charge is 2.20. The number of ether oxygens (including phenoxy) is 2. The van der Waals surface area contributed by atoms with Crippen molar-refractivity contribution in [2.24, 2.45) is 0 Å². The van der Waals surface area contributed by atoms with Crippen molar-refractivity contribution < 1.29 is 19.4 Å². The van der Waals surface area contributed by atoms with Gasteiger partial charge >= 0.3 is 5.97 Å². The van der Waals surface area contributed by atoms with Gasteiger partial charge in [-0.05, 0) is 25.8 Å². The van der Waals surface area contributed by atoms with Crippen molar-refractivity contribution in [2.75, 3.05) is 0 Å². The minimum Gasteiger partial charge on any atom is -0.463 e.